The molecule has 2 heteroatoms. The van der Waals surface area contributed by atoms with Crippen molar-refractivity contribution in [2.75, 3.05) is 13.6 Å². The SMILES string of the molecule is [B][C@@H](C)CN(C)C1CC(C)CCCC1C. The zero-order chi connectivity index (χ0) is 11.4. The first-order valence-electron chi connectivity index (χ1n) is 6.46. The van der Waals surface area contributed by atoms with Crippen LogP contribution in [0.1, 0.15) is 46.5 Å². The Balaban J connectivity index is 2.54. The summed E-state index contributed by atoms with van der Waals surface area (Å²) in [5, 5.41) is 0. The molecule has 0 heterocycles. The predicted molar refractivity (Wildman–Crippen MR) is 68.4 cm³/mol. The van der Waals surface area contributed by atoms with Gasteiger partial charge in [0.1, 0.15) is 0 Å². The fourth-order valence-electron chi connectivity index (χ4n) is 2.95. The minimum atomic E-state index is 0.292. The molecule has 1 fully saturated rings. The lowest BCUT2D eigenvalue weighted by Gasteiger charge is -2.34. The van der Waals surface area contributed by atoms with Crippen LogP contribution in [-0.4, -0.2) is 32.4 Å². The third kappa shape index (κ3) is 4.18. The predicted octanol–water partition coefficient (Wildman–Crippen LogP) is 3.11. The van der Waals surface area contributed by atoms with Crippen molar-refractivity contribution in [1.82, 2.24) is 4.90 Å². The van der Waals surface area contributed by atoms with Gasteiger partial charge in [-0.2, -0.15) is 0 Å². The maximum absolute atomic E-state index is 5.88. The van der Waals surface area contributed by atoms with Crippen molar-refractivity contribution in [2.24, 2.45) is 11.8 Å². The molecule has 0 aliphatic heterocycles. The van der Waals surface area contributed by atoms with E-state index in [1.807, 2.05) is 0 Å². The Morgan fingerprint density at radius 2 is 2.00 bits per heavy atom. The molecule has 4 atom stereocenters. The molecule has 0 amide bonds. The average molecular weight is 207 g/mol. The summed E-state index contributed by atoms with van der Waals surface area (Å²) in [5.74, 6) is 2.01. The fourth-order valence-corrected chi connectivity index (χ4v) is 2.95. The Hall–Kier alpha value is 0.0249. The molecule has 1 nitrogen and oxygen atoms in total. The quantitative estimate of drug-likeness (QED) is 0.507. The summed E-state index contributed by atoms with van der Waals surface area (Å²) >= 11 is 0. The lowest BCUT2D eigenvalue weighted by molar-refractivity contribution is 0.164. The van der Waals surface area contributed by atoms with Crippen molar-refractivity contribution >= 4 is 7.85 Å². The van der Waals surface area contributed by atoms with Gasteiger partial charge in [-0.05, 0) is 38.3 Å². The summed E-state index contributed by atoms with van der Waals surface area (Å²) in [6.45, 7) is 7.92. The van der Waals surface area contributed by atoms with Gasteiger partial charge in [0.25, 0.3) is 0 Å². The summed E-state index contributed by atoms with van der Waals surface area (Å²) in [5.41, 5.74) is 0. The van der Waals surface area contributed by atoms with Crippen LogP contribution in [0.15, 0.2) is 0 Å². The molecule has 0 aromatic heterocycles. The van der Waals surface area contributed by atoms with Gasteiger partial charge in [-0.3, -0.25) is 0 Å². The smallest absolute Gasteiger partial charge is 0.0713 e. The normalized spacial score (nSPS) is 35.1. The van der Waals surface area contributed by atoms with E-state index in [4.69, 9.17) is 7.85 Å². The molecule has 15 heavy (non-hydrogen) atoms. The molecular formula is C13H26BN. The van der Waals surface area contributed by atoms with E-state index in [9.17, 15) is 0 Å². The Bertz CT molecular complexity index is 181. The summed E-state index contributed by atoms with van der Waals surface area (Å²) in [6, 6.07) is 0.744. The minimum absolute atomic E-state index is 0.292. The molecule has 86 valence electrons. The molecule has 1 aliphatic carbocycles. The van der Waals surface area contributed by atoms with Crippen LogP contribution in [0.4, 0.5) is 0 Å². The fraction of sp³-hybridized carbons (Fsp3) is 1.00. The molecule has 0 bridgehead atoms. The first-order chi connectivity index (χ1) is 7.00. The molecule has 1 rings (SSSR count). The van der Waals surface area contributed by atoms with Gasteiger partial charge in [0.15, 0.2) is 0 Å². The first kappa shape index (κ1) is 13.1. The van der Waals surface area contributed by atoms with E-state index < -0.39 is 0 Å². The number of rotatable bonds is 3. The highest BCUT2D eigenvalue weighted by molar-refractivity contribution is 6.11. The maximum atomic E-state index is 5.88. The van der Waals surface area contributed by atoms with Gasteiger partial charge in [0, 0.05) is 6.04 Å². The monoisotopic (exact) mass is 207 g/mol. The summed E-state index contributed by atoms with van der Waals surface area (Å²) in [6.07, 6.45) is 5.56. The second kappa shape index (κ2) is 5.93. The Morgan fingerprint density at radius 3 is 2.60 bits per heavy atom. The standard InChI is InChI=1S/C13H26BN/c1-10-6-5-7-11(2)13(8-10)15(4)9-12(3)14/h10-13H,5-9H2,1-4H3/t10?,11?,12-,13?/m0/s1. The van der Waals surface area contributed by atoms with Crippen LogP contribution in [0.25, 0.3) is 0 Å². The maximum Gasteiger partial charge on any atom is 0.0713 e. The van der Waals surface area contributed by atoms with Crippen molar-refractivity contribution in [3.63, 3.8) is 0 Å². The molecule has 3 unspecified atom stereocenters. The molecule has 1 saturated carbocycles. The van der Waals surface area contributed by atoms with E-state index in [1.54, 1.807) is 0 Å². The van der Waals surface area contributed by atoms with Gasteiger partial charge in [-0.25, -0.2) is 0 Å². The number of hydrogen-bond donors (Lipinski definition) is 0. The van der Waals surface area contributed by atoms with Crippen LogP contribution in [-0.2, 0) is 0 Å². The summed E-state index contributed by atoms with van der Waals surface area (Å²) in [4.78, 5) is 2.48. The Morgan fingerprint density at radius 1 is 1.33 bits per heavy atom. The minimum Gasteiger partial charge on any atom is -0.304 e. The second-order valence-corrected chi connectivity index (χ2v) is 5.73. The van der Waals surface area contributed by atoms with Crippen LogP contribution in [0.5, 0.6) is 0 Å². The third-order valence-electron chi connectivity index (χ3n) is 3.80. The number of hydrogen-bond acceptors (Lipinski definition) is 1. The lowest BCUT2D eigenvalue weighted by Crippen LogP contribution is -2.38. The zero-order valence-electron chi connectivity index (χ0n) is 10.9. The highest BCUT2D eigenvalue weighted by atomic mass is 15.1. The van der Waals surface area contributed by atoms with Gasteiger partial charge >= 0.3 is 0 Å². The summed E-state index contributed by atoms with van der Waals surface area (Å²) < 4.78 is 0. The van der Waals surface area contributed by atoms with Gasteiger partial charge in [-0.1, -0.05) is 39.4 Å². The molecule has 0 aromatic rings. The summed E-state index contributed by atoms with van der Waals surface area (Å²) in [7, 11) is 8.12. The van der Waals surface area contributed by atoms with E-state index in [-0.39, 0.29) is 0 Å². The zero-order valence-corrected chi connectivity index (χ0v) is 10.9. The first-order valence-corrected chi connectivity index (χ1v) is 6.46. The van der Waals surface area contributed by atoms with Crippen LogP contribution >= 0.6 is 0 Å². The molecular weight excluding hydrogens is 181 g/mol. The van der Waals surface area contributed by atoms with Crippen LogP contribution in [0.3, 0.4) is 0 Å². The van der Waals surface area contributed by atoms with Gasteiger partial charge in [-0.15, -0.1) is 0 Å². The van der Waals surface area contributed by atoms with E-state index in [0.29, 0.717) is 5.82 Å². The van der Waals surface area contributed by atoms with Crippen LogP contribution in [0, 0.1) is 11.8 Å². The van der Waals surface area contributed by atoms with Gasteiger partial charge in [0.2, 0.25) is 0 Å². The van der Waals surface area contributed by atoms with Crippen molar-refractivity contribution < 1.29 is 0 Å². The van der Waals surface area contributed by atoms with Crippen molar-refractivity contribution in [3.8, 4) is 0 Å². The topological polar surface area (TPSA) is 3.24 Å². The highest BCUT2D eigenvalue weighted by Gasteiger charge is 2.26. The lowest BCUT2D eigenvalue weighted by atomic mass is 9.87. The number of nitrogens with zero attached hydrogens (tertiary/aromatic N) is 1. The van der Waals surface area contributed by atoms with Crippen molar-refractivity contribution in [1.29, 1.82) is 0 Å². The third-order valence-corrected chi connectivity index (χ3v) is 3.80. The van der Waals surface area contributed by atoms with Gasteiger partial charge in [0.05, 0.1) is 7.85 Å². The Labute approximate surface area is 97.0 Å². The second-order valence-electron chi connectivity index (χ2n) is 5.73. The molecule has 2 radical (unpaired) electrons. The molecule has 0 saturated heterocycles. The molecule has 0 N–H and O–H groups in total. The van der Waals surface area contributed by atoms with Gasteiger partial charge < -0.3 is 4.90 Å². The Kier molecular flexibility index (Phi) is 5.18. The molecule has 0 spiro atoms. The largest absolute Gasteiger partial charge is 0.304 e. The highest BCUT2D eigenvalue weighted by Crippen LogP contribution is 2.30. The van der Waals surface area contributed by atoms with E-state index in [1.165, 1.54) is 25.7 Å². The van der Waals surface area contributed by atoms with Crippen LogP contribution < -0.4 is 0 Å². The van der Waals surface area contributed by atoms with Crippen molar-refractivity contribution in [3.05, 3.63) is 0 Å². The van der Waals surface area contributed by atoms with E-state index in [2.05, 4.69) is 32.7 Å². The van der Waals surface area contributed by atoms with E-state index >= 15 is 0 Å². The molecule has 1 aliphatic rings. The van der Waals surface area contributed by atoms with Crippen LogP contribution in [0.2, 0.25) is 5.82 Å². The molecule has 0 aromatic carbocycles. The van der Waals surface area contributed by atoms with E-state index in [0.717, 1.165) is 24.4 Å². The van der Waals surface area contributed by atoms with Crippen molar-refractivity contribution in [2.45, 2.75) is 58.3 Å². The average Bonchev–Trinajstić information content (AvgIpc) is 2.27.